The normalized spacial score (nSPS) is 12.8. The van der Waals surface area contributed by atoms with Gasteiger partial charge in [-0.2, -0.15) is 0 Å². The number of hydrogen-bond donors (Lipinski definition) is 2. The number of carbonyl (C=O) groups excluding carboxylic acids is 1. The molecule has 0 atom stereocenters. The summed E-state index contributed by atoms with van der Waals surface area (Å²) in [5.74, 6) is 1.34. The molecule has 0 saturated heterocycles. The SMILES string of the molecule is C/C=C/NC(=O)Nc1ccc2c(c1)OCO2. The first-order valence-corrected chi connectivity index (χ1v) is 4.88. The Balaban J connectivity index is 2.02. The molecule has 0 aliphatic carbocycles. The van der Waals surface area contributed by atoms with Crippen LogP contribution in [0, 0.1) is 0 Å². The summed E-state index contributed by atoms with van der Waals surface area (Å²) in [4.78, 5) is 11.3. The van der Waals surface area contributed by atoms with Crippen LogP contribution in [0.15, 0.2) is 30.5 Å². The molecular formula is C11H12N2O3. The van der Waals surface area contributed by atoms with Crippen molar-refractivity contribution in [3.63, 3.8) is 0 Å². The Labute approximate surface area is 93.0 Å². The predicted molar refractivity (Wildman–Crippen MR) is 59.5 cm³/mol. The van der Waals surface area contributed by atoms with Crippen LogP contribution >= 0.6 is 0 Å². The van der Waals surface area contributed by atoms with E-state index in [1.54, 1.807) is 30.5 Å². The minimum absolute atomic E-state index is 0.226. The largest absolute Gasteiger partial charge is 0.454 e. The van der Waals surface area contributed by atoms with E-state index in [4.69, 9.17) is 9.47 Å². The molecule has 0 bridgehead atoms. The molecule has 0 fully saturated rings. The number of hydrogen-bond acceptors (Lipinski definition) is 3. The van der Waals surface area contributed by atoms with Crippen molar-refractivity contribution in [3.05, 3.63) is 30.5 Å². The van der Waals surface area contributed by atoms with E-state index in [0.717, 1.165) is 0 Å². The number of ether oxygens (including phenoxy) is 2. The number of urea groups is 1. The third-order valence-corrected chi connectivity index (χ3v) is 2.01. The number of rotatable bonds is 2. The van der Waals surface area contributed by atoms with E-state index in [1.807, 2.05) is 6.92 Å². The van der Waals surface area contributed by atoms with Crippen LogP contribution in [0.3, 0.4) is 0 Å². The van der Waals surface area contributed by atoms with E-state index in [9.17, 15) is 4.79 Å². The lowest BCUT2D eigenvalue weighted by molar-refractivity contribution is 0.174. The standard InChI is InChI=1S/C11H12N2O3/c1-2-5-12-11(14)13-8-3-4-9-10(6-8)16-7-15-9/h2-6H,7H2,1H3,(H2,12,13,14)/b5-2+. The Morgan fingerprint density at radius 1 is 1.38 bits per heavy atom. The summed E-state index contributed by atoms with van der Waals surface area (Å²) in [6.07, 6.45) is 3.29. The second kappa shape index (κ2) is 4.57. The van der Waals surface area contributed by atoms with Crippen LogP contribution in [-0.2, 0) is 0 Å². The summed E-state index contributed by atoms with van der Waals surface area (Å²) in [6, 6.07) is 4.94. The van der Waals surface area contributed by atoms with Crippen molar-refractivity contribution in [1.82, 2.24) is 5.32 Å². The molecule has 16 heavy (non-hydrogen) atoms. The number of allylic oxidation sites excluding steroid dienone is 1. The maximum atomic E-state index is 11.3. The maximum absolute atomic E-state index is 11.3. The van der Waals surface area contributed by atoms with Crippen molar-refractivity contribution >= 4 is 11.7 Å². The first-order valence-electron chi connectivity index (χ1n) is 4.88. The molecule has 2 amide bonds. The lowest BCUT2D eigenvalue weighted by Gasteiger charge is -2.05. The number of fused-ring (bicyclic) bond motifs is 1. The van der Waals surface area contributed by atoms with Crippen LogP contribution in [0.5, 0.6) is 11.5 Å². The summed E-state index contributed by atoms with van der Waals surface area (Å²) in [5, 5.41) is 5.22. The van der Waals surface area contributed by atoms with Crippen LogP contribution in [0.1, 0.15) is 6.92 Å². The van der Waals surface area contributed by atoms with Crippen molar-refractivity contribution in [2.75, 3.05) is 12.1 Å². The smallest absolute Gasteiger partial charge is 0.323 e. The fourth-order valence-corrected chi connectivity index (χ4v) is 1.30. The summed E-state index contributed by atoms with van der Waals surface area (Å²) in [7, 11) is 0. The highest BCUT2D eigenvalue weighted by molar-refractivity contribution is 5.90. The molecule has 5 nitrogen and oxygen atoms in total. The Morgan fingerprint density at radius 2 is 2.19 bits per heavy atom. The Kier molecular flexibility index (Phi) is 2.95. The first-order chi connectivity index (χ1) is 7.79. The zero-order chi connectivity index (χ0) is 11.4. The van der Waals surface area contributed by atoms with Gasteiger partial charge in [-0.15, -0.1) is 0 Å². The van der Waals surface area contributed by atoms with Crippen molar-refractivity contribution in [2.45, 2.75) is 6.92 Å². The van der Waals surface area contributed by atoms with Gasteiger partial charge in [0.2, 0.25) is 6.79 Å². The van der Waals surface area contributed by atoms with Crippen LogP contribution in [0.25, 0.3) is 0 Å². The van der Waals surface area contributed by atoms with Crippen molar-refractivity contribution < 1.29 is 14.3 Å². The zero-order valence-electron chi connectivity index (χ0n) is 8.82. The molecule has 84 valence electrons. The van der Waals surface area contributed by atoms with Gasteiger partial charge in [-0.25, -0.2) is 4.79 Å². The first kappa shape index (κ1) is 10.4. The van der Waals surface area contributed by atoms with E-state index in [-0.39, 0.29) is 12.8 Å². The zero-order valence-corrected chi connectivity index (χ0v) is 8.82. The molecular weight excluding hydrogens is 208 g/mol. The Morgan fingerprint density at radius 3 is 3.00 bits per heavy atom. The van der Waals surface area contributed by atoms with Crippen LogP contribution in [0.2, 0.25) is 0 Å². The molecule has 1 aromatic carbocycles. The highest BCUT2D eigenvalue weighted by atomic mass is 16.7. The number of amides is 2. The third-order valence-electron chi connectivity index (χ3n) is 2.01. The van der Waals surface area contributed by atoms with E-state index in [2.05, 4.69) is 10.6 Å². The molecule has 2 rings (SSSR count). The Bertz CT molecular complexity index is 429. The lowest BCUT2D eigenvalue weighted by atomic mass is 10.3. The molecule has 1 aromatic rings. The van der Waals surface area contributed by atoms with Crippen LogP contribution < -0.4 is 20.1 Å². The van der Waals surface area contributed by atoms with Gasteiger partial charge in [0.25, 0.3) is 0 Å². The number of nitrogens with one attached hydrogen (secondary N) is 2. The minimum atomic E-state index is -0.294. The van der Waals surface area contributed by atoms with Crippen molar-refractivity contribution in [3.8, 4) is 11.5 Å². The van der Waals surface area contributed by atoms with Crippen molar-refractivity contribution in [1.29, 1.82) is 0 Å². The quantitative estimate of drug-likeness (QED) is 0.802. The highest BCUT2D eigenvalue weighted by Crippen LogP contribution is 2.34. The van der Waals surface area contributed by atoms with Gasteiger partial charge in [0.05, 0.1) is 0 Å². The summed E-state index contributed by atoms with van der Waals surface area (Å²) in [6.45, 7) is 2.05. The van der Waals surface area contributed by atoms with Gasteiger partial charge in [-0.3, -0.25) is 0 Å². The molecule has 0 spiro atoms. The van der Waals surface area contributed by atoms with Crippen molar-refractivity contribution in [2.24, 2.45) is 0 Å². The van der Waals surface area contributed by atoms with E-state index in [0.29, 0.717) is 17.2 Å². The second-order valence-corrected chi connectivity index (χ2v) is 3.17. The van der Waals surface area contributed by atoms with Gasteiger partial charge in [0.15, 0.2) is 11.5 Å². The van der Waals surface area contributed by atoms with Crippen LogP contribution in [0.4, 0.5) is 10.5 Å². The summed E-state index contributed by atoms with van der Waals surface area (Å²) >= 11 is 0. The van der Waals surface area contributed by atoms with E-state index >= 15 is 0 Å². The molecule has 5 heteroatoms. The Hall–Kier alpha value is -2.17. The van der Waals surface area contributed by atoms with Gasteiger partial charge in [-0.1, -0.05) is 6.08 Å². The minimum Gasteiger partial charge on any atom is -0.454 e. The third kappa shape index (κ3) is 2.25. The molecule has 1 aliphatic heterocycles. The van der Waals surface area contributed by atoms with Gasteiger partial charge in [0, 0.05) is 18.0 Å². The molecule has 1 heterocycles. The fraction of sp³-hybridized carbons (Fsp3) is 0.182. The lowest BCUT2D eigenvalue weighted by Crippen LogP contribution is -2.23. The average molecular weight is 220 g/mol. The predicted octanol–water partition coefficient (Wildman–Crippen LogP) is 2.07. The van der Waals surface area contributed by atoms with Gasteiger partial charge in [0.1, 0.15) is 0 Å². The summed E-state index contributed by atoms with van der Waals surface area (Å²) in [5.41, 5.74) is 0.659. The molecule has 0 unspecified atom stereocenters. The average Bonchev–Trinajstić information content (AvgIpc) is 2.73. The van der Waals surface area contributed by atoms with Gasteiger partial charge < -0.3 is 20.1 Å². The number of benzene rings is 1. The maximum Gasteiger partial charge on any atom is 0.323 e. The van der Waals surface area contributed by atoms with E-state index < -0.39 is 0 Å². The number of anilines is 1. The monoisotopic (exact) mass is 220 g/mol. The van der Waals surface area contributed by atoms with Gasteiger partial charge in [-0.05, 0) is 19.1 Å². The molecule has 1 aliphatic rings. The molecule has 2 N–H and O–H groups in total. The van der Waals surface area contributed by atoms with Gasteiger partial charge >= 0.3 is 6.03 Å². The molecule has 0 aromatic heterocycles. The molecule has 0 saturated carbocycles. The van der Waals surface area contributed by atoms with Crippen LogP contribution in [-0.4, -0.2) is 12.8 Å². The highest BCUT2D eigenvalue weighted by Gasteiger charge is 2.13. The topological polar surface area (TPSA) is 59.6 Å². The fourth-order valence-electron chi connectivity index (χ4n) is 1.30. The van der Waals surface area contributed by atoms with E-state index in [1.165, 1.54) is 0 Å². The summed E-state index contributed by atoms with van der Waals surface area (Å²) < 4.78 is 10.4. The number of carbonyl (C=O) groups is 1. The molecule has 0 radical (unpaired) electrons. The second-order valence-electron chi connectivity index (χ2n) is 3.17.